The summed E-state index contributed by atoms with van der Waals surface area (Å²) in [6, 6.07) is 9.61. The molecule has 6 heteroatoms. The minimum absolute atomic E-state index is 0.230. The molecule has 0 saturated heterocycles. The van der Waals surface area contributed by atoms with Crippen molar-refractivity contribution >= 4 is 12.0 Å². The fraction of sp³-hybridized carbons (Fsp3) is 0.267. The zero-order valence-electron chi connectivity index (χ0n) is 11.5. The SMILES string of the molecule is Nc1ncc2c(n1)CN(C(=O)OCc1ccccc1)CC2. The van der Waals surface area contributed by atoms with Gasteiger partial charge in [0.2, 0.25) is 5.95 Å². The molecule has 0 aliphatic carbocycles. The van der Waals surface area contributed by atoms with Gasteiger partial charge in [0.05, 0.1) is 12.2 Å². The Kier molecular flexibility index (Phi) is 3.68. The molecule has 2 aromatic rings. The van der Waals surface area contributed by atoms with Gasteiger partial charge < -0.3 is 15.4 Å². The van der Waals surface area contributed by atoms with Crippen LogP contribution in [0.2, 0.25) is 0 Å². The zero-order valence-corrected chi connectivity index (χ0v) is 11.5. The number of hydrogen-bond acceptors (Lipinski definition) is 5. The molecular weight excluding hydrogens is 268 g/mol. The predicted octanol–water partition coefficient (Wildman–Crippen LogP) is 1.75. The monoisotopic (exact) mass is 284 g/mol. The molecule has 0 radical (unpaired) electrons. The van der Waals surface area contributed by atoms with E-state index >= 15 is 0 Å². The molecule has 2 heterocycles. The molecule has 21 heavy (non-hydrogen) atoms. The van der Waals surface area contributed by atoms with E-state index in [-0.39, 0.29) is 18.6 Å². The van der Waals surface area contributed by atoms with Crippen LogP contribution in [0.5, 0.6) is 0 Å². The van der Waals surface area contributed by atoms with Crippen molar-refractivity contribution in [2.45, 2.75) is 19.6 Å². The Morgan fingerprint density at radius 2 is 2.14 bits per heavy atom. The molecule has 1 aromatic heterocycles. The quantitative estimate of drug-likeness (QED) is 0.908. The van der Waals surface area contributed by atoms with Gasteiger partial charge in [0, 0.05) is 12.7 Å². The molecule has 1 amide bonds. The minimum Gasteiger partial charge on any atom is -0.445 e. The van der Waals surface area contributed by atoms with E-state index in [9.17, 15) is 4.79 Å². The summed E-state index contributed by atoms with van der Waals surface area (Å²) in [4.78, 5) is 21.9. The first-order valence-electron chi connectivity index (χ1n) is 6.78. The van der Waals surface area contributed by atoms with Crippen molar-refractivity contribution in [1.29, 1.82) is 0 Å². The van der Waals surface area contributed by atoms with E-state index in [0.717, 1.165) is 23.2 Å². The zero-order chi connectivity index (χ0) is 14.7. The first kappa shape index (κ1) is 13.4. The van der Waals surface area contributed by atoms with Gasteiger partial charge in [0.1, 0.15) is 6.61 Å². The Bertz CT molecular complexity index is 645. The van der Waals surface area contributed by atoms with Crippen molar-refractivity contribution in [3.8, 4) is 0 Å². The molecular formula is C15H16N4O2. The molecule has 2 N–H and O–H groups in total. The van der Waals surface area contributed by atoms with Gasteiger partial charge in [0.25, 0.3) is 0 Å². The largest absolute Gasteiger partial charge is 0.445 e. The average molecular weight is 284 g/mol. The van der Waals surface area contributed by atoms with Gasteiger partial charge in [-0.15, -0.1) is 0 Å². The maximum absolute atomic E-state index is 12.1. The summed E-state index contributed by atoms with van der Waals surface area (Å²) >= 11 is 0. The van der Waals surface area contributed by atoms with E-state index in [1.807, 2.05) is 30.3 Å². The molecule has 3 rings (SSSR count). The lowest BCUT2D eigenvalue weighted by Gasteiger charge is -2.27. The number of anilines is 1. The molecule has 0 spiro atoms. The van der Waals surface area contributed by atoms with E-state index < -0.39 is 0 Å². The third kappa shape index (κ3) is 3.10. The molecule has 1 aromatic carbocycles. The first-order valence-corrected chi connectivity index (χ1v) is 6.78. The summed E-state index contributed by atoms with van der Waals surface area (Å²) < 4.78 is 5.33. The van der Waals surface area contributed by atoms with E-state index in [4.69, 9.17) is 10.5 Å². The van der Waals surface area contributed by atoms with Gasteiger partial charge in [-0.3, -0.25) is 0 Å². The topological polar surface area (TPSA) is 81.3 Å². The number of rotatable bonds is 2. The first-order chi connectivity index (χ1) is 10.2. The maximum atomic E-state index is 12.1. The van der Waals surface area contributed by atoms with Crippen LogP contribution in [0.3, 0.4) is 0 Å². The van der Waals surface area contributed by atoms with Crippen molar-refractivity contribution in [1.82, 2.24) is 14.9 Å². The minimum atomic E-state index is -0.332. The smallest absolute Gasteiger partial charge is 0.410 e. The van der Waals surface area contributed by atoms with Gasteiger partial charge in [-0.05, 0) is 17.5 Å². The third-order valence-corrected chi connectivity index (χ3v) is 3.43. The molecule has 0 unspecified atom stereocenters. The van der Waals surface area contributed by atoms with Gasteiger partial charge in [-0.2, -0.15) is 0 Å². The number of amides is 1. The lowest BCUT2D eigenvalue weighted by atomic mass is 10.1. The van der Waals surface area contributed by atoms with Crippen LogP contribution in [0.15, 0.2) is 36.5 Å². The number of ether oxygens (including phenoxy) is 1. The molecule has 0 atom stereocenters. The molecule has 0 saturated carbocycles. The number of carbonyl (C=O) groups excluding carboxylic acids is 1. The molecule has 1 aliphatic heterocycles. The van der Waals surface area contributed by atoms with E-state index in [1.165, 1.54) is 0 Å². The molecule has 108 valence electrons. The number of nitrogen functional groups attached to an aromatic ring is 1. The number of carbonyl (C=O) groups is 1. The Balaban J connectivity index is 1.61. The van der Waals surface area contributed by atoms with E-state index in [2.05, 4.69) is 9.97 Å². The summed E-state index contributed by atoms with van der Waals surface area (Å²) in [6.45, 7) is 1.29. The maximum Gasteiger partial charge on any atom is 0.410 e. The second-order valence-corrected chi connectivity index (χ2v) is 4.91. The summed E-state index contributed by atoms with van der Waals surface area (Å²) in [5.41, 5.74) is 8.38. The second-order valence-electron chi connectivity index (χ2n) is 4.91. The molecule has 0 bridgehead atoms. The fourth-order valence-electron chi connectivity index (χ4n) is 2.28. The van der Waals surface area contributed by atoms with Crippen molar-refractivity contribution < 1.29 is 9.53 Å². The van der Waals surface area contributed by atoms with Gasteiger partial charge >= 0.3 is 6.09 Å². The summed E-state index contributed by atoms with van der Waals surface area (Å²) in [6.07, 6.45) is 2.11. The highest BCUT2D eigenvalue weighted by Gasteiger charge is 2.23. The highest BCUT2D eigenvalue weighted by atomic mass is 16.6. The third-order valence-electron chi connectivity index (χ3n) is 3.43. The predicted molar refractivity (Wildman–Crippen MR) is 77.2 cm³/mol. The van der Waals surface area contributed by atoms with Crippen LogP contribution in [0, 0.1) is 0 Å². The number of fused-ring (bicyclic) bond motifs is 1. The van der Waals surface area contributed by atoms with Crippen LogP contribution in [0.4, 0.5) is 10.7 Å². The summed E-state index contributed by atoms with van der Waals surface area (Å²) in [5, 5.41) is 0. The molecule has 1 aliphatic rings. The van der Waals surface area contributed by atoms with Crippen molar-refractivity contribution in [2.75, 3.05) is 12.3 Å². The van der Waals surface area contributed by atoms with E-state index in [0.29, 0.717) is 13.1 Å². The van der Waals surface area contributed by atoms with Crippen LogP contribution in [-0.4, -0.2) is 27.5 Å². The number of nitrogens with two attached hydrogens (primary N) is 1. The van der Waals surface area contributed by atoms with Crippen LogP contribution in [-0.2, 0) is 24.3 Å². The van der Waals surface area contributed by atoms with Gasteiger partial charge in [-0.25, -0.2) is 14.8 Å². The number of hydrogen-bond donors (Lipinski definition) is 1. The molecule has 6 nitrogen and oxygen atoms in total. The summed E-state index contributed by atoms with van der Waals surface area (Å²) in [7, 11) is 0. The fourth-order valence-corrected chi connectivity index (χ4v) is 2.28. The second kappa shape index (κ2) is 5.78. The normalized spacial score (nSPS) is 13.6. The lowest BCUT2D eigenvalue weighted by molar-refractivity contribution is 0.0912. The Labute approximate surface area is 122 Å². The van der Waals surface area contributed by atoms with E-state index in [1.54, 1.807) is 11.1 Å². The summed E-state index contributed by atoms with van der Waals surface area (Å²) in [5.74, 6) is 0.230. The number of aromatic nitrogens is 2. The van der Waals surface area contributed by atoms with Crippen LogP contribution in [0.1, 0.15) is 16.8 Å². The number of nitrogens with zero attached hydrogens (tertiary/aromatic N) is 3. The van der Waals surface area contributed by atoms with Gasteiger partial charge in [-0.1, -0.05) is 30.3 Å². The van der Waals surface area contributed by atoms with Gasteiger partial charge in [0.15, 0.2) is 0 Å². The van der Waals surface area contributed by atoms with Crippen molar-refractivity contribution in [2.24, 2.45) is 0 Å². The van der Waals surface area contributed by atoms with Crippen LogP contribution in [0.25, 0.3) is 0 Å². The lowest BCUT2D eigenvalue weighted by Crippen LogP contribution is -2.37. The Morgan fingerprint density at radius 3 is 2.95 bits per heavy atom. The van der Waals surface area contributed by atoms with Crippen LogP contribution >= 0.6 is 0 Å². The molecule has 0 fully saturated rings. The van der Waals surface area contributed by atoms with Crippen molar-refractivity contribution in [3.05, 3.63) is 53.3 Å². The average Bonchev–Trinajstić information content (AvgIpc) is 2.53. The standard InChI is InChI=1S/C15H16N4O2/c16-14-17-8-12-6-7-19(9-13(12)18-14)15(20)21-10-11-4-2-1-3-5-11/h1-5,8H,6-7,9-10H2,(H2,16,17,18). The highest BCUT2D eigenvalue weighted by molar-refractivity contribution is 5.68. The number of benzene rings is 1. The highest BCUT2D eigenvalue weighted by Crippen LogP contribution is 2.17. The van der Waals surface area contributed by atoms with Crippen LogP contribution < -0.4 is 5.73 Å². The Morgan fingerprint density at radius 1 is 1.33 bits per heavy atom. The Hall–Kier alpha value is -2.63. The van der Waals surface area contributed by atoms with Crippen molar-refractivity contribution in [3.63, 3.8) is 0 Å².